The topological polar surface area (TPSA) is 85.1 Å². The standard InChI is InChI=1S/C14H16BrN3O2S/c1-8-4-5-11(16)14(9(8)2)21(19,20)18-12-6-7-13(15)17-10(12)3/h4-7,18H,16H2,1-3H3. The number of sulfonamides is 1. The number of nitrogens with two attached hydrogens (primary N) is 1. The Bertz CT molecular complexity index is 804. The molecule has 0 saturated heterocycles. The maximum atomic E-state index is 12.6. The van der Waals surface area contributed by atoms with Crippen molar-refractivity contribution >= 4 is 37.3 Å². The minimum atomic E-state index is -3.76. The Morgan fingerprint density at radius 3 is 2.43 bits per heavy atom. The number of pyridine rings is 1. The van der Waals surface area contributed by atoms with Gasteiger partial charge in [-0.2, -0.15) is 0 Å². The van der Waals surface area contributed by atoms with Crippen LogP contribution in [0.5, 0.6) is 0 Å². The number of aromatic nitrogens is 1. The zero-order chi connectivity index (χ0) is 15.8. The van der Waals surface area contributed by atoms with Crippen LogP contribution >= 0.6 is 15.9 Å². The summed E-state index contributed by atoms with van der Waals surface area (Å²) in [6.45, 7) is 5.32. The Morgan fingerprint density at radius 1 is 1.14 bits per heavy atom. The molecular weight excluding hydrogens is 354 g/mol. The molecule has 0 saturated carbocycles. The molecule has 1 heterocycles. The number of nitrogens with zero attached hydrogens (tertiary/aromatic N) is 1. The molecule has 0 atom stereocenters. The molecule has 5 nitrogen and oxygen atoms in total. The highest BCUT2D eigenvalue weighted by atomic mass is 79.9. The molecule has 1 aromatic heterocycles. The van der Waals surface area contributed by atoms with Crippen LogP contribution in [0.25, 0.3) is 0 Å². The molecule has 1 aromatic carbocycles. The van der Waals surface area contributed by atoms with E-state index in [0.717, 1.165) is 5.56 Å². The van der Waals surface area contributed by atoms with Crippen LogP contribution < -0.4 is 10.5 Å². The van der Waals surface area contributed by atoms with Crippen LogP contribution in [0.15, 0.2) is 33.8 Å². The van der Waals surface area contributed by atoms with Gasteiger partial charge in [-0.1, -0.05) is 6.07 Å². The molecule has 7 heteroatoms. The quantitative estimate of drug-likeness (QED) is 0.642. The number of rotatable bonds is 3. The molecule has 2 aromatic rings. The van der Waals surface area contributed by atoms with Gasteiger partial charge >= 0.3 is 0 Å². The number of anilines is 2. The number of nitrogen functional groups attached to an aromatic ring is 1. The minimum Gasteiger partial charge on any atom is -0.398 e. The number of hydrogen-bond donors (Lipinski definition) is 2. The molecule has 0 fully saturated rings. The molecule has 0 amide bonds. The SMILES string of the molecule is Cc1ccc(N)c(S(=O)(=O)Nc2ccc(Br)nc2C)c1C. The fourth-order valence-corrected chi connectivity index (χ4v) is 3.95. The van der Waals surface area contributed by atoms with E-state index in [-0.39, 0.29) is 10.6 Å². The van der Waals surface area contributed by atoms with E-state index in [9.17, 15) is 8.42 Å². The fraction of sp³-hybridized carbons (Fsp3) is 0.214. The highest BCUT2D eigenvalue weighted by Crippen LogP contribution is 2.28. The summed E-state index contributed by atoms with van der Waals surface area (Å²) in [6.07, 6.45) is 0. The Kier molecular flexibility index (Phi) is 4.25. The second kappa shape index (κ2) is 5.65. The Hall–Kier alpha value is -1.60. The molecule has 2 rings (SSSR count). The molecule has 0 aliphatic carbocycles. The summed E-state index contributed by atoms with van der Waals surface area (Å²) in [5, 5.41) is 0. The van der Waals surface area contributed by atoms with Crippen molar-refractivity contribution in [2.45, 2.75) is 25.7 Å². The lowest BCUT2D eigenvalue weighted by Gasteiger charge is -2.15. The van der Waals surface area contributed by atoms with Crippen molar-refractivity contribution in [3.8, 4) is 0 Å². The van der Waals surface area contributed by atoms with Gasteiger partial charge in [-0.25, -0.2) is 13.4 Å². The predicted molar refractivity (Wildman–Crippen MR) is 87.8 cm³/mol. The molecule has 3 N–H and O–H groups in total. The maximum Gasteiger partial charge on any atom is 0.264 e. The van der Waals surface area contributed by atoms with Crippen LogP contribution in [-0.2, 0) is 10.0 Å². The van der Waals surface area contributed by atoms with Crippen LogP contribution in [0.2, 0.25) is 0 Å². The monoisotopic (exact) mass is 369 g/mol. The van der Waals surface area contributed by atoms with Gasteiger partial charge in [-0.3, -0.25) is 4.72 Å². The number of hydrogen-bond acceptors (Lipinski definition) is 4. The third-order valence-corrected chi connectivity index (χ3v) is 5.28. The maximum absolute atomic E-state index is 12.6. The van der Waals surface area contributed by atoms with Crippen molar-refractivity contribution in [1.82, 2.24) is 4.98 Å². The normalized spacial score (nSPS) is 11.4. The first-order valence-electron chi connectivity index (χ1n) is 6.24. The Balaban J connectivity index is 2.51. The van der Waals surface area contributed by atoms with Crippen LogP contribution in [0.1, 0.15) is 16.8 Å². The van der Waals surface area contributed by atoms with Gasteiger partial charge in [0.15, 0.2) is 0 Å². The highest BCUT2D eigenvalue weighted by Gasteiger charge is 2.22. The molecule has 0 unspecified atom stereocenters. The van der Waals surface area contributed by atoms with E-state index in [4.69, 9.17) is 5.73 Å². The molecule has 0 bridgehead atoms. The number of benzene rings is 1. The summed E-state index contributed by atoms with van der Waals surface area (Å²) >= 11 is 3.25. The first kappa shape index (κ1) is 15.8. The number of halogens is 1. The molecule has 0 spiro atoms. The highest BCUT2D eigenvalue weighted by molar-refractivity contribution is 9.10. The van der Waals surface area contributed by atoms with Crippen molar-refractivity contribution in [2.24, 2.45) is 0 Å². The van der Waals surface area contributed by atoms with Gasteiger partial charge in [-0.05, 0) is 66.0 Å². The average Bonchev–Trinajstić information content (AvgIpc) is 2.37. The second-order valence-electron chi connectivity index (χ2n) is 4.80. The van der Waals surface area contributed by atoms with E-state index >= 15 is 0 Å². The van der Waals surface area contributed by atoms with Gasteiger partial charge in [0.25, 0.3) is 10.0 Å². The van der Waals surface area contributed by atoms with Gasteiger partial charge in [-0.15, -0.1) is 0 Å². The summed E-state index contributed by atoms with van der Waals surface area (Å²) < 4.78 is 28.4. The summed E-state index contributed by atoms with van der Waals surface area (Å²) in [5.74, 6) is 0. The molecule has 0 aliphatic rings. The van der Waals surface area contributed by atoms with E-state index in [2.05, 4.69) is 25.6 Å². The summed E-state index contributed by atoms with van der Waals surface area (Å²) in [7, 11) is -3.76. The molecular formula is C14H16BrN3O2S. The lowest BCUT2D eigenvalue weighted by molar-refractivity contribution is 0.601. The first-order chi connectivity index (χ1) is 9.72. The average molecular weight is 370 g/mol. The third-order valence-electron chi connectivity index (χ3n) is 3.27. The van der Waals surface area contributed by atoms with Gasteiger partial charge < -0.3 is 5.73 Å². The zero-order valence-electron chi connectivity index (χ0n) is 11.9. The zero-order valence-corrected chi connectivity index (χ0v) is 14.3. The van der Waals surface area contributed by atoms with Crippen molar-refractivity contribution in [2.75, 3.05) is 10.5 Å². The molecule has 0 radical (unpaired) electrons. The van der Waals surface area contributed by atoms with Crippen molar-refractivity contribution in [3.63, 3.8) is 0 Å². The molecule has 112 valence electrons. The van der Waals surface area contributed by atoms with E-state index in [1.165, 1.54) is 0 Å². The number of aryl methyl sites for hydroxylation is 2. The van der Waals surface area contributed by atoms with Gasteiger partial charge in [0.1, 0.15) is 9.50 Å². The van der Waals surface area contributed by atoms with E-state index in [0.29, 0.717) is 21.5 Å². The number of nitrogens with one attached hydrogen (secondary N) is 1. The Morgan fingerprint density at radius 2 is 1.81 bits per heavy atom. The summed E-state index contributed by atoms with van der Waals surface area (Å²) in [4.78, 5) is 4.29. The Labute approximate surface area is 132 Å². The minimum absolute atomic E-state index is 0.116. The third kappa shape index (κ3) is 3.19. The van der Waals surface area contributed by atoms with Crippen LogP contribution in [0.4, 0.5) is 11.4 Å². The van der Waals surface area contributed by atoms with Crippen LogP contribution in [0.3, 0.4) is 0 Å². The molecule has 21 heavy (non-hydrogen) atoms. The van der Waals surface area contributed by atoms with Crippen molar-refractivity contribution < 1.29 is 8.42 Å². The van der Waals surface area contributed by atoms with Gasteiger partial charge in [0, 0.05) is 0 Å². The van der Waals surface area contributed by atoms with Crippen LogP contribution in [-0.4, -0.2) is 13.4 Å². The van der Waals surface area contributed by atoms with E-state index in [1.807, 2.05) is 6.92 Å². The smallest absolute Gasteiger partial charge is 0.264 e. The predicted octanol–water partition coefficient (Wildman–Crippen LogP) is 3.15. The first-order valence-corrected chi connectivity index (χ1v) is 8.51. The summed E-state index contributed by atoms with van der Waals surface area (Å²) in [5.41, 5.74) is 8.60. The van der Waals surface area contributed by atoms with E-state index < -0.39 is 10.0 Å². The van der Waals surface area contributed by atoms with Crippen molar-refractivity contribution in [1.29, 1.82) is 0 Å². The van der Waals surface area contributed by atoms with Crippen LogP contribution in [0, 0.1) is 20.8 Å². The second-order valence-corrected chi connectivity index (χ2v) is 7.23. The summed E-state index contributed by atoms with van der Waals surface area (Å²) in [6, 6.07) is 6.74. The van der Waals surface area contributed by atoms with E-state index in [1.54, 1.807) is 38.1 Å². The van der Waals surface area contributed by atoms with Crippen molar-refractivity contribution in [3.05, 3.63) is 45.7 Å². The molecule has 0 aliphatic heterocycles. The fourth-order valence-electron chi connectivity index (χ4n) is 2.00. The lowest BCUT2D eigenvalue weighted by Crippen LogP contribution is -2.17. The largest absolute Gasteiger partial charge is 0.398 e. The lowest BCUT2D eigenvalue weighted by atomic mass is 10.1. The van der Waals surface area contributed by atoms with Gasteiger partial charge in [0.2, 0.25) is 0 Å². The van der Waals surface area contributed by atoms with Gasteiger partial charge in [0.05, 0.1) is 17.1 Å².